The van der Waals surface area contributed by atoms with E-state index in [1.807, 2.05) is 0 Å². The van der Waals surface area contributed by atoms with Crippen LogP contribution in [0.15, 0.2) is 12.2 Å². The molecule has 7 nitrogen and oxygen atoms in total. The maximum absolute atomic E-state index is 11.1. The van der Waals surface area contributed by atoms with Gasteiger partial charge in [0.15, 0.2) is 19.6 Å². The van der Waals surface area contributed by atoms with Crippen molar-refractivity contribution >= 4 is 17.9 Å². The summed E-state index contributed by atoms with van der Waals surface area (Å²) in [4.78, 5) is 33.3. The van der Waals surface area contributed by atoms with Crippen molar-refractivity contribution in [1.29, 1.82) is 0 Å². The third-order valence-electron chi connectivity index (χ3n) is 4.54. The standard InChI is InChI=1S/C20H35NO6/c1-2-3-4-5-6-7-8-9-10-11-12-13-14-21(15-18(22)23,16-19(24)25)17-20(26)27/h4-5H,2-3,6-17H2,1H3,(H2-,22,23,24,25,26,27)/p+1/b5-4+. The molecule has 0 aliphatic rings. The van der Waals surface area contributed by atoms with Crippen molar-refractivity contribution < 1.29 is 34.2 Å². The van der Waals surface area contributed by atoms with E-state index in [1.54, 1.807) is 0 Å². The van der Waals surface area contributed by atoms with Gasteiger partial charge in [-0.1, -0.05) is 51.2 Å². The maximum atomic E-state index is 11.1. The summed E-state index contributed by atoms with van der Waals surface area (Å²) in [7, 11) is 0. The van der Waals surface area contributed by atoms with Gasteiger partial charge in [-0.25, -0.2) is 14.4 Å². The molecular formula is C20H36NO6+. The Morgan fingerprint density at radius 2 is 1.07 bits per heavy atom. The lowest BCUT2D eigenvalue weighted by molar-refractivity contribution is -0.907. The third kappa shape index (κ3) is 14.9. The van der Waals surface area contributed by atoms with Crippen LogP contribution in [0.3, 0.4) is 0 Å². The zero-order valence-corrected chi connectivity index (χ0v) is 16.6. The van der Waals surface area contributed by atoms with Crippen LogP contribution >= 0.6 is 0 Å². The fraction of sp³-hybridized carbons (Fsp3) is 0.750. The molecule has 0 aliphatic heterocycles. The van der Waals surface area contributed by atoms with E-state index >= 15 is 0 Å². The summed E-state index contributed by atoms with van der Waals surface area (Å²) < 4.78 is -0.440. The van der Waals surface area contributed by atoms with Crippen LogP contribution in [0.5, 0.6) is 0 Å². The highest BCUT2D eigenvalue weighted by Crippen LogP contribution is 2.14. The largest absolute Gasteiger partial charge is 0.477 e. The molecule has 0 rings (SSSR count). The number of nitrogens with zero attached hydrogens (tertiary/aromatic N) is 1. The summed E-state index contributed by atoms with van der Waals surface area (Å²) in [6, 6.07) is 0. The molecule has 0 radical (unpaired) electrons. The van der Waals surface area contributed by atoms with E-state index in [0.29, 0.717) is 6.42 Å². The number of allylic oxidation sites excluding steroid dienone is 2. The number of carboxylic acids is 3. The van der Waals surface area contributed by atoms with Crippen molar-refractivity contribution in [2.75, 3.05) is 26.2 Å². The Kier molecular flexibility index (Phi) is 14.1. The lowest BCUT2D eigenvalue weighted by Gasteiger charge is -2.34. The van der Waals surface area contributed by atoms with E-state index in [9.17, 15) is 14.4 Å². The molecule has 0 amide bonds. The van der Waals surface area contributed by atoms with Gasteiger partial charge in [0.05, 0.1) is 6.54 Å². The lowest BCUT2D eigenvalue weighted by Crippen LogP contribution is -2.57. The minimum atomic E-state index is -1.18. The topological polar surface area (TPSA) is 112 Å². The van der Waals surface area contributed by atoms with Gasteiger partial charge in [0.2, 0.25) is 0 Å². The van der Waals surface area contributed by atoms with Crippen LogP contribution in [-0.2, 0) is 14.4 Å². The monoisotopic (exact) mass is 386 g/mol. The van der Waals surface area contributed by atoms with Crippen molar-refractivity contribution in [1.82, 2.24) is 0 Å². The molecule has 0 aromatic heterocycles. The van der Waals surface area contributed by atoms with E-state index in [-0.39, 0.29) is 6.54 Å². The molecular weight excluding hydrogens is 350 g/mol. The van der Waals surface area contributed by atoms with Crippen molar-refractivity contribution in [3.8, 4) is 0 Å². The Morgan fingerprint density at radius 3 is 1.52 bits per heavy atom. The molecule has 0 atom stereocenters. The predicted octanol–water partition coefficient (Wildman–Crippen LogP) is 3.53. The molecule has 0 aromatic carbocycles. The molecule has 27 heavy (non-hydrogen) atoms. The fourth-order valence-corrected chi connectivity index (χ4v) is 3.26. The Bertz CT molecular complexity index is 434. The smallest absolute Gasteiger partial charge is 0.359 e. The van der Waals surface area contributed by atoms with Crippen molar-refractivity contribution in [2.24, 2.45) is 0 Å². The number of carboxylic acid groups (broad SMARTS) is 3. The van der Waals surface area contributed by atoms with Gasteiger partial charge in [0.25, 0.3) is 0 Å². The number of unbranched alkanes of at least 4 members (excludes halogenated alkanes) is 8. The summed E-state index contributed by atoms with van der Waals surface area (Å²) in [5, 5.41) is 27.2. The van der Waals surface area contributed by atoms with Gasteiger partial charge in [-0.2, -0.15) is 0 Å². The summed E-state index contributed by atoms with van der Waals surface area (Å²) in [6.45, 7) is 0.976. The lowest BCUT2D eigenvalue weighted by atomic mass is 10.1. The van der Waals surface area contributed by atoms with Gasteiger partial charge in [0.1, 0.15) is 0 Å². The van der Waals surface area contributed by atoms with E-state index in [1.165, 1.54) is 19.3 Å². The van der Waals surface area contributed by atoms with Crippen LogP contribution in [0.25, 0.3) is 0 Å². The van der Waals surface area contributed by atoms with Crippen LogP contribution in [-0.4, -0.2) is 63.9 Å². The van der Waals surface area contributed by atoms with Gasteiger partial charge < -0.3 is 15.3 Å². The van der Waals surface area contributed by atoms with E-state index in [0.717, 1.165) is 38.5 Å². The second kappa shape index (κ2) is 15.2. The fourth-order valence-electron chi connectivity index (χ4n) is 3.26. The van der Waals surface area contributed by atoms with Crippen LogP contribution < -0.4 is 0 Å². The first kappa shape index (κ1) is 25.1. The number of quaternary nitrogens is 1. The van der Waals surface area contributed by atoms with Crippen LogP contribution in [0.4, 0.5) is 0 Å². The minimum absolute atomic E-state index is 0.257. The molecule has 156 valence electrons. The van der Waals surface area contributed by atoms with Crippen molar-refractivity contribution in [3.05, 3.63) is 12.2 Å². The maximum Gasteiger partial charge on any atom is 0.359 e. The SMILES string of the molecule is CCC/C=C/CCCCCCCCC[N+](CC(=O)O)(CC(=O)O)CC(=O)O. The summed E-state index contributed by atoms with van der Waals surface area (Å²) in [5.74, 6) is -3.53. The molecule has 0 bridgehead atoms. The van der Waals surface area contributed by atoms with Gasteiger partial charge in [-0.3, -0.25) is 4.48 Å². The first-order valence-electron chi connectivity index (χ1n) is 9.97. The van der Waals surface area contributed by atoms with E-state index < -0.39 is 42.0 Å². The number of aliphatic carboxylic acids is 3. The van der Waals surface area contributed by atoms with Gasteiger partial charge in [0, 0.05) is 0 Å². The van der Waals surface area contributed by atoms with Crippen molar-refractivity contribution in [3.63, 3.8) is 0 Å². The zero-order valence-electron chi connectivity index (χ0n) is 16.6. The summed E-state index contributed by atoms with van der Waals surface area (Å²) >= 11 is 0. The predicted molar refractivity (Wildman–Crippen MR) is 104 cm³/mol. The minimum Gasteiger partial charge on any atom is -0.477 e. The van der Waals surface area contributed by atoms with Crippen LogP contribution in [0.1, 0.15) is 71.1 Å². The molecule has 0 fully saturated rings. The van der Waals surface area contributed by atoms with Gasteiger partial charge in [-0.15, -0.1) is 0 Å². The first-order chi connectivity index (χ1) is 12.8. The van der Waals surface area contributed by atoms with E-state index in [2.05, 4.69) is 19.1 Å². The number of carbonyl (C=O) groups is 3. The van der Waals surface area contributed by atoms with Crippen LogP contribution in [0.2, 0.25) is 0 Å². The molecule has 0 unspecified atom stereocenters. The number of rotatable bonds is 18. The Morgan fingerprint density at radius 1 is 0.667 bits per heavy atom. The average Bonchev–Trinajstić information content (AvgIpc) is 2.53. The molecule has 7 heteroatoms. The quantitative estimate of drug-likeness (QED) is 0.189. The Labute approximate surface area is 162 Å². The first-order valence-corrected chi connectivity index (χ1v) is 9.97. The van der Waals surface area contributed by atoms with Crippen molar-refractivity contribution in [2.45, 2.75) is 71.1 Å². The van der Waals surface area contributed by atoms with E-state index in [4.69, 9.17) is 15.3 Å². The highest BCUT2D eigenvalue weighted by molar-refractivity contribution is 5.73. The Balaban J connectivity index is 4.13. The van der Waals surface area contributed by atoms with Crippen LogP contribution in [0, 0.1) is 0 Å². The molecule has 0 saturated heterocycles. The normalized spacial score (nSPS) is 11.7. The highest BCUT2D eigenvalue weighted by atomic mass is 16.4. The summed E-state index contributed by atoms with van der Waals surface area (Å²) in [6.07, 6.45) is 15.0. The molecule has 3 N–H and O–H groups in total. The number of hydrogen-bond donors (Lipinski definition) is 3. The molecule has 0 aromatic rings. The molecule has 0 spiro atoms. The molecule has 0 aliphatic carbocycles. The van der Waals surface area contributed by atoms with Gasteiger partial charge in [-0.05, 0) is 32.1 Å². The second-order valence-electron chi connectivity index (χ2n) is 7.24. The second-order valence-corrected chi connectivity index (χ2v) is 7.24. The Hall–Kier alpha value is -1.89. The molecule has 0 saturated carbocycles. The average molecular weight is 387 g/mol. The molecule has 0 heterocycles. The zero-order chi connectivity index (χ0) is 20.5. The number of hydrogen-bond acceptors (Lipinski definition) is 3. The highest BCUT2D eigenvalue weighted by Gasteiger charge is 2.35. The van der Waals surface area contributed by atoms with Gasteiger partial charge >= 0.3 is 17.9 Å². The third-order valence-corrected chi connectivity index (χ3v) is 4.54. The summed E-state index contributed by atoms with van der Waals surface area (Å²) in [5.41, 5.74) is 0.